The van der Waals surface area contributed by atoms with E-state index in [1.165, 1.54) is 19.3 Å². The van der Waals surface area contributed by atoms with Crippen molar-refractivity contribution < 1.29 is 0 Å². The van der Waals surface area contributed by atoms with Gasteiger partial charge in [0.05, 0.1) is 6.04 Å². The Hall–Kier alpha value is -0.400. The highest BCUT2D eigenvalue weighted by molar-refractivity contribution is 4.82. The molecule has 0 amide bonds. The van der Waals surface area contributed by atoms with Crippen LogP contribution in [0.3, 0.4) is 0 Å². The molecule has 0 aromatic rings. The third-order valence-electron chi connectivity index (χ3n) is 2.77. The fourth-order valence-electron chi connectivity index (χ4n) is 2.05. The molecule has 11 heavy (non-hydrogen) atoms. The van der Waals surface area contributed by atoms with Crippen molar-refractivity contribution in [3.63, 3.8) is 0 Å². The van der Waals surface area contributed by atoms with Gasteiger partial charge in [-0.25, -0.2) is 0 Å². The lowest BCUT2D eigenvalue weighted by molar-refractivity contribution is 0.240. The molecule has 1 fully saturated rings. The summed E-state index contributed by atoms with van der Waals surface area (Å²) in [6.07, 6.45) is 4.70. The summed E-state index contributed by atoms with van der Waals surface area (Å²) in [5.74, 6) is 1.18. The maximum Gasteiger partial charge on any atom is 0.0950 e. The number of hydrogen-bond donors (Lipinski definition) is 0. The van der Waals surface area contributed by atoms with Crippen LogP contribution < -0.4 is 0 Å². The molecule has 0 aromatic heterocycles. The van der Waals surface area contributed by atoms with E-state index in [2.05, 4.69) is 19.0 Å². The second-order valence-corrected chi connectivity index (χ2v) is 3.87. The topological polar surface area (TPSA) is 29.4 Å². The van der Waals surface area contributed by atoms with Gasteiger partial charge < -0.3 is 0 Å². The maximum absolute atomic E-state index is 10.4. The van der Waals surface area contributed by atoms with Gasteiger partial charge in [-0.2, -0.15) is 4.91 Å². The number of nitrogens with zero attached hydrogens (tertiary/aromatic N) is 1. The van der Waals surface area contributed by atoms with Crippen LogP contribution in [0.25, 0.3) is 0 Å². The molecule has 2 atom stereocenters. The Kier molecular flexibility index (Phi) is 3.03. The maximum atomic E-state index is 10.4. The van der Waals surface area contributed by atoms with Crippen LogP contribution in [0.5, 0.6) is 0 Å². The molecule has 2 heteroatoms. The van der Waals surface area contributed by atoms with Gasteiger partial charge in [-0.05, 0) is 24.7 Å². The van der Waals surface area contributed by atoms with Gasteiger partial charge in [0, 0.05) is 0 Å². The molecule has 0 radical (unpaired) electrons. The third kappa shape index (κ3) is 2.01. The molecule has 0 aliphatic heterocycles. The van der Waals surface area contributed by atoms with Gasteiger partial charge in [-0.1, -0.05) is 31.9 Å². The summed E-state index contributed by atoms with van der Waals surface area (Å²) in [7, 11) is 0. The summed E-state index contributed by atoms with van der Waals surface area (Å²) < 4.78 is 0. The molecular formula is C9H17NO. The van der Waals surface area contributed by atoms with Crippen LogP contribution in [0, 0.1) is 16.7 Å². The molecule has 1 saturated carbocycles. The quantitative estimate of drug-likeness (QED) is 0.564. The largest absolute Gasteiger partial charge is 0.151 e. The van der Waals surface area contributed by atoms with Crippen molar-refractivity contribution >= 4 is 0 Å². The average Bonchev–Trinajstić information content (AvgIpc) is 2.04. The lowest BCUT2D eigenvalue weighted by Crippen LogP contribution is -2.26. The average molecular weight is 155 g/mol. The number of rotatable bonds is 2. The Morgan fingerprint density at radius 3 is 2.36 bits per heavy atom. The Morgan fingerprint density at radius 1 is 1.27 bits per heavy atom. The van der Waals surface area contributed by atoms with Gasteiger partial charge in [-0.3, -0.25) is 0 Å². The molecule has 2 nitrogen and oxygen atoms in total. The molecule has 1 unspecified atom stereocenters. The first-order chi connectivity index (χ1) is 5.25. The minimum atomic E-state index is 0.115. The zero-order valence-corrected chi connectivity index (χ0v) is 7.42. The van der Waals surface area contributed by atoms with Gasteiger partial charge in [0.1, 0.15) is 0 Å². The zero-order valence-electron chi connectivity index (χ0n) is 7.42. The van der Waals surface area contributed by atoms with E-state index in [1.807, 2.05) is 0 Å². The van der Waals surface area contributed by atoms with Crippen molar-refractivity contribution in [3.05, 3.63) is 4.91 Å². The number of nitroso groups, excluding NO2 is 1. The highest BCUT2D eigenvalue weighted by atomic mass is 16.3. The van der Waals surface area contributed by atoms with Crippen LogP contribution in [0.15, 0.2) is 5.18 Å². The molecule has 1 aliphatic rings. The molecule has 0 saturated heterocycles. The van der Waals surface area contributed by atoms with E-state index < -0.39 is 0 Å². The monoisotopic (exact) mass is 155 g/mol. The van der Waals surface area contributed by atoms with E-state index in [4.69, 9.17) is 0 Å². The molecule has 1 aliphatic carbocycles. The minimum Gasteiger partial charge on any atom is -0.151 e. The summed E-state index contributed by atoms with van der Waals surface area (Å²) >= 11 is 0. The Labute approximate surface area is 68.3 Å². The van der Waals surface area contributed by atoms with Crippen molar-refractivity contribution in [2.24, 2.45) is 17.0 Å². The van der Waals surface area contributed by atoms with E-state index in [-0.39, 0.29) is 6.04 Å². The normalized spacial score (nSPS) is 32.3. The van der Waals surface area contributed by atoms with Crippen molar-refractivity contribution in [1.29, 1.82) is 0 Å². The van der Waals surface area contributed by atoms with E-state index in [1.54, 1.807) is 0 Å². The fraction of sp³-hybridized carbons (Fsp3) is 1.00. The lowest BCUT2D eigenvalue weighted by Gasteiger charge is -2.29. The Balaban J connectivity index is 2.51. The van der Waals surface area contributed by atoms with Crippen molar-refractivity contribution in [3.8, 4) is 0 Å². The molecule has 0 aromatic carbocycles. The molecule has 1 rings (SSSR count). The summed E-state index contributed by atoms with van der Waals surface area (Å²) in [6, 6.07) is 0.115. The summed E-state index contributed by atoms with van der Waals surface area (Å²) in [4.78, 5) is 10.4. The van der Waals surface area contributed by atoms with Gasteiger partial charge >= 0.3 is 0 Å². The lowest BCUT2D eigenvalue weighted by atomic mass is 9.78. The van der Waals surface area contributed by atoms with E-state index in [0.717, 1.165) is 6.42 Å². The van der Waals surface area contributed by atoms with Gasteiger partial charge in [0.15, 0.2) is 0 Å². The van der Waals surface area contributed by atoms with Gasteiger partial charge in [0.25, 0.3) is 0 Å². The van der Waals surface area contributed by atoms with Crippen molar-refractivity contribution in [2.75, 3.05) is 0 Å². The van der Waals surface area contributed by atoms with Crippen LogP contribution in [0.1, 0.15) is 39.5 Å². The molecular weight excluding hydrogens is 138 g/mol. The smallest absolute Gasteiger partial charge is 0.0950 e. The van der Waals surface area contributed by atoms with Crippen LogP contribution in [-0.4, -0.2) is 6.04 Å². The van der Waals surface area contributed by atoms with Crippen LogP contribution in [0.2, 0.25) is 0 Å². The summed E-state index contributed by atoms with van der Waals surface area (Å²) in [5.41, 5.74) is 0. The van der Waals surface area contributed by atoms with Crippen LogP contribution in [-0.2, 0) is 0 Å². The molecule has 64 valence electrons. The first-order valence-electron chi connectivity index (χ1n) is 4.58. The highest BCUT2D eigenvalue weighted by Gasteiger charge is 2.27. The SMILES string of the molecule is CC(C)C1CCCC[C@@H]1N=O. The second-order valence-electron chi connectivity index (χ2n) is 3.87. The van der Waals surface area contributed by atoms with E-state index >= 15 is 0 Å². The van der Waals surface area contributed by atoms with Crippen LogP contribution >= 0.6 is 0 Å². The first kappa shape index (κ1) is 8.69. The molecule has 0 N–H and O–H groups in total. The molecule has 0 bridgehead atoms. The molecule has 0 spiro atoms. The standard InChI is InChI=1S/C9H17NO/c1-7(2)8-5-3-4-6-9(8)10-11/h7-9H,3-6H2,1-2H3/t8?,9-/m0/s1. The number of hydrogen-bond acceptors (Lipinski definition) is 2. The third-order valence-corrected chi connectivity index (χ3v) is 2.77. The Bertz CT molecular complexity index is 134. The molecule has 0 heterocycles. The van der Waals surface area contributed by atoms with E-state index in [9.17, 15) is 4.91 Å². The predicted octanol–water partition coefficient (Wildman–Crippen LogP) is 2.97. The van der Waals surface area contributed by atoms with E-state index in [0.29, 0.717) is 11.8 Å². The van der Waals surface area contributed by atoms with Gasteiger partial charge in [-0.15, -0.1) is 0 Å². The zero-order chi connectivity index (χ0) is 8.27. The summed E-state index contributed by atoms with van der Waals surface area (Å²) in [6.45, 7) is 4.38. The highest BCUT2D eigenvalue weighted by Crippen LogP contribution is 2.31. The van der Waals surface area contributed by atoms with Gasteiger partial charge in [0.2, 0.25) is 0 Å². The fourth-order valence-corrected chi connectivity index (χ4v) is 2.05. The summed E-state index contributed by atoms with van der Waals surface area (Å²) in [5, 5.41) is 3.20. The van der Waals surface area contributed by atoms with Crippen LogP contribution in [0.4, 0.5) is 0 Å². The first-order valence-corrected chi connectivity index (χ1v) is 4.58. The second kappa shape index (κ2) is 3.84. The minimum absolute atomic E-state index is 0.115. The predicted molar refractivity (Wildman–Crippen MR) is 46.4 cm³/mol. The van der Waals surface area contributed by atoms with Crippen molar-refractivity contribution in [2.45, 2.75) is 45.6 Å². The Morgan fingerprint density at radius 2 is 1.91 bits per heavy atom. The van der Waals surface area contributed by atoms with Crippen molar-refractivity contribution in [1.82, 2.24) is 0 Å².